The molecule has 5 heteroatoms. The van der Waals surface area contributed by atoms with E-state index in [-0.39, 0.29) is 5.11 Å². The number of rotatable bonds is 5. The third-order valence-corrected chi connectivity index (χ3v) is 3.55. The Morgan fingerprint density at radius 2 is 2.10 bits per heavy atom. The van der Waals surface area contributed by atoms with Crippen LogP contribution >= 0.6 is 12.2 Å². The number of nitrogens with two attached hydrogens (primary N) is 1. The van der Waals surface area contributed by atoms with Crippen LogP contribution in [-0.4, -0.2) is 17.4 Å². The molecule has 0 spiro atoms. The predicted octanol–water partition coefficient (Wildman–Crippen LogP) is 2.70. The number of thiocarbonyl (C=S) groups is 1. The monoisotopic (exact) mass is 291 g/mol. The van der Waals surface area contributed by atoms with E-state index in [0.717, 1.165) is 11.1 Å². The van der Waals surface area contributed by atoms with Crippen molar-refractivity contribution in [3.63, 3.8) is 0 Å². The zero-order valence-electron chi connectivity index (χ0n) is 11.5. The second kappa shape index (κ2) is 7.97. The lowest BCUT2D eigenvalue weighted by atomic mass is 9.98. The molecule has 108 valence electrons. The lowest BCUT2D eigenvalue weighted by Crippen LogP contribution is -2.24. The minimum absolute atomic E-state index is 0.164. The van der Waals surface area contributed by atoms with E-state index in [1.807, 2.05) is 18.2 Å². The second-order valence-electron chi connectivity index (χ2n) is 5.00. The summed E-state index contributed by atoms with van der Waals surface area (Å²) in [6.07, 6.45) is 8.39. The highest BCUT2D eigenvalue weighted by Crippen LogP contribution is 2.21. The summed E-state index contributed by atoms with van der Waals surface area (Å²) >= 11 is 4.71. The van der Waals surface area contributed by atoms with Gasteiger partial charge in [-0.2, -0.15) is 5.10 Å². The molecule has 0 saturated heterocycles. The third kappa shape index (κ3) is 4.90. The highest BCUT2D eigenvalue weighted by molar-refractivity contribution is 7.80. The first-order valence-electron chi connectivity index (χ1n) is 7.04. The molecule has 0 aromatic heterocycles. The van der Waals surface area contributed by atoms with Crippen molar-refractivity contribution in [3.05, 3.63) is 35.4 Å². The van der Waals surface area contributed by atoms with Gasteiger partial charge in [0.2, 0.25) is 0 Å². The average molecular weight is 291 g/mol. The molecule has 1 fully saturated rings. The van der Waals surface area contributed by atoms with Crippen molar-refractivity contribution < 1.29 is 4.74 Å². The maximum atomic E-state index is 6.00. The van der Waals surface area contributed by atoms with Crippen molar-refractivity contribution in [1.82, 2.24) is 5.43 Å². The number of ether oxygens (including phenoxy) is 1. The van der Waals surface area contributed by atoms with Gasteiger partial charge in [-0.1, -0.05) is 43.5 Å². The summed E-state index contributed by atoms with van der Waals surface area (Å²) < 4.78 is 6.00. The van der Waals surface area contributed by atoms with Crippen LogP contribution in [0, 0.1) is 0 Å². The molecule has 0 atom stereocenters. The Hall–Kier alpha value is -1.46. The Morgan fingerprint density at radius 3 is 2.85 bits per heavy atom. The minimum atomic E-state index is 0.164. The molecule has 0 unspecified atom stereocenters. The summed E-state index contributed by atoms with van der Waals surface area (Å²) in [6, 6.07) is 8.05. The van der Waals surface area contributed by atoms with E-state index in [1.165, 1.54) is 32.1 Å². The lowest BCUT2D eigenvalue weighted by molar-refractivity contribution is 0.0168. The summed E-state index contributed by atoms with van der Waals surface area (Å²) in [5, 5.41) is 4.16. The van der Waals surface area contributed by atoms with E-state index in [9.17, 15) is 0 Å². The molecule has 1 saturated carbocycles. The van der Waals surface area contributed by atoms with Crippen LogP contribution in [0.15, 0.2) is 29.4 Å². The van der Waals surface area contributed by atoms with E-state index < -0.39 is 0 Å². The van der Waals surface area contributed by atoms with Gasteiger partial charge in [-0.3, -0.25) is 5.43 Å². The van der Waals surface area contributed by atoms with Gasteiger partial charge in [-0.25, -0.2) is 0 Å². The van der Waals surface area contributed by atoms with Gasteiger partial charge >= 0.3 is 0 Å². The standard InChI is InChI=1S/C15H21N3OS/c16-15(20)18-17-10-12-6-4-5-7-13(12)11-19-14-8-2-1-3-9-14/h4-7,10,14H,1-3,8-9,11H2,(H3,16,18,20). The predicted molar refractivity (Wildman–Crippen MR) is 85.6 cm³/mol. The quantitative estimate of drug-likeness (QED) is 0.497. The maximum Gasteiger partial charge on any atom is 0.184 e. The van der Waals surface area contributed by atoms with Gasteiger partial charge in [-0.15, -0.1) is 0 Å². The van der Waals surface area contributed by atoms with Gasteiger partial charge < -0.3 is 10.5 Å². The molecule has 20 heavy (non-hydrogen) atoms. The van der Waals surface area contributed by atoms with E-state index in [4.69, 9.17) is 22.7 Å². The fourth-order valence-electron chi connectivity index (χ4n) is 2.40. The van der Waals surface area contributed by atoms with Crippen molar-refractivity contribution >= 4 is 23.5 Å². The van der Waals surface area contributed by atoms with Gasteiger partial charge in [-0.05, 0) is 30.6 Å². The van der Waals surface area contributed by atoms with Gasteiger partial charge in [0, 0.05) is 5.56 Å². The van der Waals surface area contributed by atoms with E-state index in [1.54, 1.807) is 6.21 Å². The second-order valence-corrected chi connectivity index (χ2v) is 5.44. The summed E-state index contributed by atoms with van der Waals surface area (Å²) in [4.78, 5) is 0. The molecule has 1 aliphatic carbocycles. The maximum absolute atomic E-state index is 6.00. The first-order chi connectivity index (χ1) is 9.75. The summed E-state index contributed by atoms with van der Waals surface area (Å²) in [5.41, 5.74) is 10.0. The van der Waals surface area contributed by atoms with Crippen LogP contribution in [0.1, 0.15) is 43.2 Å². The number of benzene rings is 1. The van der Waals surface area contributed by atoms with Crippen LogP contribution in [0.5, 0.6) is 0 Å². The molecule has 0 aliphatic heterocycles. The van der Waals surface area contributed by atoms with Gasteiger partial charge in [0.1, 0.15) is 0 Å². The van der Waals surface area contributed by atoms with Crippen molar-refractivity contribution in [1.29, 1.82) is 0 Å². The lowest BCUT2D eigenvalue weighted by Gasteiger charge is -2.22. The smallest absolute Gasteiger partial charge is 0.184 e. The SMILES string of the molecule is NC(=S)NN=Cc1ccccc1COC1CCCCC1. The van der Waals surface area contributed by atoms with Gasteiger partial charge in [0.25, 0.3) is 0 Å². The number of nitrogens with one attached hydrogen (secondary N) is 1. The summed E-state index contributed by atoms with van der Waals surface area (Å²) in [5.74, 6) is 0. The molecular formula is C15H21N3OS. The highest BCUT2D eigenvalue weighted by Gasteiger charge is 2.14. The van der Waals surface area contributed by atoms with Crippen molar-refractivity contribution in [2.45, 2.75) is 44.8 Å². The normalized spacial score (nSPS) is 16.4. The Labute approximate surface area is 125 Å². The van der Waals surface area contributed by atoms with Crippen LogP contribution in [0.25, 0.3) is 0 Å². The van der Waals surface area contributed by atoms with Gasteiger partial charge in [0.05, 0.1) is 18.9 Å². The zero-order valence-corrected chi connectivity index (χ0v) is 12.4. The Kier molecular flexibility index (Phi) is 5.95. The Balaban J connectivity index is 1.92. The molecule has 1 aromatic rings. The molecule has 1 aromatic carbocycles. The molecule has 4 nitrogen and oxygen atoms in total. The fourth-order valence-corrected chi connectivity index (χ4v) is 2.45. The van der Waals surface area contributed by atoms with Crippen molar-refractivity contribution in [2.24, 2.45) is 10.8 Å². The van der Waals surface area contributed by atoms with Crippen LogP contribution < -0.4 is 11.2 Å². The van der Waals surface area contributed by atoms with Crippen molar-refractivity contribution in [3.8, 4) is 0 Å². The van der Waals surface area contributed by atoms with E-state index in [0.29, 0.717) is 12.7 Å². The highest BCUT2D eigenvalue weighted by atomic mass is 32.1. The Morgan fingerprint density at radius 1 is 1.35 bits per heavy atom. The van der Waals surface area contributed by atoms with Gasteiger partial charge in [0.15, 0.2) is 5.11 Å². The summed E-state index contributed by atoms with van der Waals surface area (Å²) in [7, 11) is 0. The van der Waals surface area contributed by atoms with Crippen LogP contribution in [-0.2, 0) is 11.3 Å². The van der Waals surface area contributed by atoms with Crippen LogP contribution in [0.3, 0.4) is 0 Å². The molecule has 0 radical (unpaired) electrons. The van der Waals surface area contributed by atoms with Crippen LogP contribution in [0.2, 0.25) is 0 Å². The average Bonchev–Trinajstić information content (AvgIpc) is 2.47. The Bertz CT molecular complexity index is 470. The fraction of sp³-hybridized carbons (Fsp3) is 0.467. The molecule has 3 N–H and O–H groups in total. The molecule has 0 amide bonds. The minimum Gasteiger partial charge on any atom is -0.375 e. The number of hydrogen-bond acceptors (Lipinski definition) is 3. The molecule has 2 rings (SSSR count). The molecule has 0 heterocycles. The topological polar surface area (TPSA) is 59.6 Å². The molecule has 0 bridgehead atoms. The van der Waals surface area contributed by atoms with E-state index in [2.05, 4.69) is 16.6 Å². The molecule has 1 aliphatic rings. The zero-order chi connectivity index (χ0) is 14.2. The first kappa shape index (κ1) is 14.9. The number of hydrogen-bond donors (Lipinski definition) is 2. The summed E-state index contributed by atoms with van der Waals surface area (Å²) in [6.45, 7) is 0.625. The third-order valence-electron chi connectivity index (χ3n) is 3.46. The largest absolute Gasteiger partial charge is 0.375 e. The first-order valence-corrected chi connectivity index (χ1v) is 7.44. The van der Waals surface area contributed by atoms with Crippen LogP contribution in [0.4, 0.5) is 0 Å². The molecular weight excluding hydrogens is 270 g/mol. The number of hydrazone groups is 1. The van der Waals surface area contributed by atoms with E-state index >= 15 is 0 Å². The number of nitrogens with zero attached hydrogens (tertiary/aromatic N) is 1. The van der Waals surface area contributed by atoms with Crippen molar-refractivity contribution in [2.75, 3.05) is 0 Å².